The molecule has 0 bridgehead atoms. The summed E-state index contributed by atoms with van der Waals surface area (Å²) in [6, 6.07) is 4.36. The standard InChI is InChI=1S/C14H24N.C2F6NO4S2/c1-3-4-5-6-7-8-10-14-11-9-12-15(2)13-14;3-1(4,5)14(10,11)9-15(12,13)2(6,7)8/h9,11-13H,3-8,10H2,1-2H3;/q+1;-1. The van der Waals surface area contributed by atoms with Crippen LogP contribution in [0, 0.1) is 0 Å². The summed E-state index contributed by atoms with van der Waals surface area (Å²) in [5.74, 6) is 0. The van der Waals surface area contributed by atoms with Gasteiger partial charge in [-0.1, -0.05) is 39.0 Å². The lowest BCUT2D eigenvalue weighted by Gasteiger charge is -2.22. The number of pyridine rings is 1. The number of hydrogen-bond donors (Lipinski definition) is 0. The normalized spacial score (nSPS) is 12.9. The van der Waals surface area contributed by atoms with E-state index in [1.807, 2.05) is 0 Å². The maximum atomic E-state index is 11.4. The summed E-state index contributed by atoms with van der Waals surface area (Å²) in [5.41, 5.74) is -10.9. The second-order valence-electron chi connectivity index (χ2n) is 6.31. The molecule has 30 heavy (non-hydrogen) atoms. The number of unbranched alkanes of at least 4 members (excludes halogenated alkanes) is 5. The van der Waals surface area contributed by atoms with Crippen molar-refractivity contribution >= 4 is 20.0 Å². The fourth-order valence-corrected chi connectivity index (χ4v) is 3.83. The molecule has 1 aromatic rings. The van der Waals surface area contributed by atoms with Gasteiger partial charge < -0.3 is 4.13 Å². The van der Waals surface area contributed by atoms with Crippen LogP contribution in [0.3, 0.4) is 0 Å². The smallest absolute Gasteiger partial charge is 0.421 e. The maximum Gasteiger partial charge on any atom is 0.480 e. The van der Waals surface area contributed by atoms with E-state index >= 15 is 0 Å². The van der Waals surface area contributed by atoms with Crippen LogP contribution in [-0.2, 0) is 33.5 Å². The zero-order valence-electron chi connectivity index (χ0n) is 16.4. The van der Waals surface area contributed by atoms with E-state index in [1.54, 1.807) is 0 Å². The Hall–Kier alpha value is -1.41. The predicted octanol–water partition coefficient (Wildman–Crippen LogP) is 4.47. The molecule has 14 heteroatoms. The monoisotopic (exact) mass is 486 g/mol. The first-order valence-corrected chi connectivity index (χ1v) is 11.7. The minimum Gasteiger partial charge on any atom is -0.421 e. The van der Waals surface area contributed by atoms with Crippen LogP contribution in [0.4, 0.5) is 26.3 Å². The van der Waals surface area contributed by atoms with Crippen LogP contribution in [-0.4, -0.2) is 27.9 Å². The molecule has 1 aromatic heterocycles. The summed E-state index contributed by atoms with van der Waals surface area (Å²) in [6.07, 6.45) is 13.9. The summed E-state index contributed by atoms with van der Waals surface area (Å²) < 4.78 is 111. The van der Waals surface area contributed by atoms with Crippen LogP contribution >= 0.6 is 0 Å². The van der Waals surface area contributed by atoms with Crippen LogP contribution in [0.5, 0.6) is 0 Å². The third-order valence-electron chi connectivity index (χ3n) is 3.60. The number of alkyl halides is 6. The van der Waals surface area contributed by atoms with E-state index in [2.05, 4.69) is 43.1 Å². The van der Waals surface area contributed by atoms with Gasteiger partial charge in [-0.15, -0.1) is 0 Å². The van der Waals surface area contributed by atoms with Gasteiger partial charge in [0.2, 0.25) is 0 Å². The van der Waals surface area contributed by atoms with Crippen molar-refractivity contribution in [3.63, 3.8) is 0 Å². The van der Waals surface area contributed by atoms with Crippen molar-refractivity contribution in [1.82, 2.24) is 0 Å². The second kappa shape index (κ2) is 11.8. The predicted molar refractivity (Wildman–Crippen MR) is 98.0 cm³/mol. The SMILES string of the molecule is CCCCCCCCc1ccc[n+](C)c1.O=S(=O)([N-]S(=O)(=O)C(F)(F)F)C(F)(F)F. The average Bonchev–Trinajstić information content (AvgIpc) is 2.56. The fraction of sp³-hybridized carbons (Fsp3) is 0.688. The molecule has 0 radical (unpaired) electrons. The summed E-state index contributed by atoms with van der Waals surface area (Å²) >= 11 is 0. The molecular formula is C16H24F6N2O4S2. The van der Waals surface area contributed by atoms with E-state index < -0.39 is 31.1 Å². The molecule has 0 atom stereocenters. The number of halogens is 6. The van der Waals surface area contributed by atoms with E-state index in [0.29, 0.717) is 0 Å². The molecule has 0 N–H and O–H groups in total. The summed E-state index contributed by atoms with van der Waals surface area (Å²) in [7, 11) is -11.4. The summed E-state index contributed by atoms with van der Waals surface area (Å²) in [4.78, 5) is 0. The van der Waals surface area contributed by atoms with Gasteiger partial charge in [0.05, 0.1) is 0 Å². The number of aryl methyl sites for hydroxylation is 2. The van der Waals surface area contributed by atoms with Gasteiger partial charge >= 0.3 is 11.0 Å². The molecule has 0 saturated carbocycles. The lowest BCUT2D eigenvalue weighted by Crippen LogP contribution is -2.30. The van der Waals surface area contributed by atoms with Gasteiger partial charge in [0.15, 0.2) is 32.4 Å². The summed E-state index contributed by atoms with van der Waals surface area (Å²) in [5, 5.41) is 0. The number of rotatable bonds is 9. The van der Waals surface area contributed by atoms with Crippen LogP contribution in [0.25, 0.3) is 4.13 Å². The highest BCUT2D eigenvalue weighted by molar-refractivity contribution is 8.13. The maximum absolute atomic E-state index is 11.4. The highest BCUT2D eigenvalue weighted by Crippen LogP contribution is 2.36. The van der Waals surface area contributed by atoms with E-state index in [4.69, 9.17) is 0 Å². The molecule has 0 aliphatic carbocycles. The molecule has 1 heterocycles. The van der Waals surface area contributed by atoms with Crippen molar-refractivity contribution in [3.8, 4) is 0 Å². The Morgan fingerprint density at radius 1 is 0.867 bits per heavy atom. The quantitative estimate of drug-likeness (QED) is 0.293. The van der Waals surface area contributed by atoms with Gasteiger partial charge in [-0.05, 0) is 18.9 Å². The lowest BCUT2D eigenvalue weighted by atomic mass is 10.1. The second-order valence-corrected chi connectivity index (χ2v) is 9.73. The summed E-state index contributed by atoms with van der Waals surface area (Å²) in [6.45, 7) is 2.27. The van der Waals surface area contributed by atoms with Gasteiger partial charge in [0.1, 0.15) is 7.05 Å². The minimum atomic E-state index is -6.72. The Labute approximate surface area is 172 Å². The van der Waals surface area contributed by atoms with Gasteiger partial charge in [-0.25, -0.2) is 21.4 Å². The Morgan fingerprint density at radius 3 is 1.77 bits per heavy atom. The van der Waals surface area contributed by atoms with Crippen molar-refractivity contribution in [2.75, 3.05) is 0 Å². The van der Waals surface area contributed by atoms with Gasteiger partial charge in [-0.3, -0.25) is 0 Å². The van der Waals surface area contributed by atoms with Gasteiger partial charge in [0, 0.05) is 11.6 Å². The van der Waals surface area contributed by atoms with Crippen molar-refractivity contribution < 1.29 is 47.7 Å². The Balaban J connectivity index is 0.000000561. The highest BCUT2D eigenvalue weighted by atomic mass is 32.3. The number of aromatic nitrogens is 1. The third kappa shape index (κ3) is 10.6. The molecule has 0 aliphatic rings. The average molecular weight is 487 g/mol. The molecule has 176 valence electrons. The molecule has 6 nitrogen and oxygen atoms in total. The molecule has 1 rings (SSSR count). The number of hydrogen-bond acceptors (Lipinski definition) is 4. The minimum absolute atomic E-state index is 0.778. The van der Waals surface area contributed by atoms with E-state index in [9.17, 15) is 43.2 Å². The van der Waals surface area contributed by atoms with Gasteiger partial charge in [0.25, 0.3) is 0 Å². The molecule has 0 spiro atoms. The highest BCUT2D eigenvalue weighted by Gasteiger charge is 2.46. The molecular weight excluding hydrogens is 462 g/mol. The van der Waals surface area contributed by atoms with Crippen LogP contribution in [0.2, 0.25) is 0 Å². The van der Waals surface area contributed by atoms with Crippen molar-refractivity contribution in [2.45, 2.75) is 62.9 Å². The Bertz CT molecular complexity index is 811. The molecule has 0 fully saturated rings. The van der Waals surface area contributed by atoms with Crippen LogP contribution in [0.15, 0.2) is 24.5 Å². The zero-order chi connectivity index (χ0) is 23.6. The fourth-order valence-electron chi connectivity index (χ4n) is 2.12. The van der Waals surface area contributed by atoms with E-state index in [-0.39, 0.29) is 0 Å². The van der Waals surface area contributed by atoms with Crippen LogP contribution in [0.1, 0.15) is 51.0 Å². The van der Waals surface area contributed by atoms with Crippen molar-refractivity contribution in [1.29, 1.82) is 0 Å². The Morgan fingerprint density at radius 2 is 1.33 bits per heavy atom. The van der Waals surface area contributed by atoms with Gasteiger partial charge in [-0.2, -0.15) is 26.3 Å². The van der Waals surface area contributed by atoms with Crippen molar-refractivity contribution in [2.24, 2.45) is 7.05 Å². The zero-order valence-corrected chi connectivity index (χ0v) is 18.0. The van der Waals surface area contributed by atoms with E-state index in [0.717, 1.165) is 4.13 Å². The Kier molecular flexibility index (Phi) is 11.3. The first kappa shape index (κ1) is 28.6. The number of sulfonamides is 2. The first-order valence-electron chi connectivity index (χ1n) is 8.84. The van der Waals surface area contributed by atoms with Crippen molar-refractivity contribution in [3.05, 3.63) is 34.2 Å². The number of nitrogens with zero attached hydrogens (tertiary/aromatic N) is 2. The molecule has 0 amide bonds. The third-order valence-corrected chi connectivity index (χ3v) is 6.34. The molecule has 0 unspecified atom stereocenters. The molecule has 0 aliphatic heterocycles. The molecule has 0 saturated heterocycles. The molecule has 0 aromatic carbocycles. The lowest BCUT2D eigenvalue weighted by molar-refractivity contribution is -0.671. The van der Waals surface area contributed by atoms with Crippen LogP contribution < -0.4 is 4.57 Å². The topological polar surface area (TPSA) is 86.3 Å². The first-order chi connectivity index (χ1) is 13.5. The van der Waals surface area contributed by atoms with E-state index in [1.165, 1.54) is 50.5 Å². The largest absolute Gasteiger partial charge is 0.480 e.